The fourth-order valence-corrected chi connectivity index (χ4v) is 1.18. The van der Waals surface area contributed by atoms with Gasteiger partial charge in [-0.1, -0.05) is 11.6 Å². The molecular formula is C10H8ClFO3. The van der Waals surface area contributed by atoms with Crippen molar-refractivity contribution in [3.8, 4) is 0 Å². The van der Waals surface area contributed by atoms with Crippen molar-refractivity contribution in [3.63, 3.8) is 0 Å². The summed E-state index contributed by atoms with van der Waals surface area (Å²) >= 11 is 5.68. The van der Waals surface area contributed by atoms with Gasteiger partial charge in [0, 0.05) is 12.5 Å². The average Bonchev–Trinajstić information content (AvgIpc) is 2.18. The second kappa shape index (κ2) is 4.89. The van der Waals surface area contributed by atoms with Gasteiger partial charge in [0.2, 0.25) is 5.78 Å². The van der Waals surface area contributed by atoms with Crippen LogP contribution in [-0.4, -0.2) is 18.4 Å². The maximum Gasteiger partial charge on any atom is 0.303 e. The molecule has 0 heterocycles. The van der Waals surface area contributed by atoms with Crippen LogP contribution >= 0.6 is 11.6 Å². The highest BCUT2D eigenvalue weighted by Crippen LogP contribution is 2.17. The third-order valence-electron chi connectivity index (χ3n) is 1.64. The molecule has 0 unspecified atom stereocenters. The molecule has 0 amide bonds. The quantitative estimate of drug-likeness (QED) is 0.591. The predicted octanol–water partition coefficient (Wildman–Crippen LogP) is 2.22. The molecule has 0 aliphatic carbocycles. The lowest BCUT2D eigenvalue weighted by Crippen LogP contribution is -2.12. The minimum atomic E-state index is -0.573. The Hall–Kier alpha value is -1.42. The molecule has 1 aromatic carbocycles. The molecule has 0 aromatic heterocycles. The van der Waals surface area contributed by atoms with E-state index in [1.807, 2.05) is 0 Å². The van der Waals surface area contributed by atoms with E-state index >= 15 is 0 Å². The summed E-state index contributed by atoms with van der Waals surface area (Å²) in [6, 6.07) is 3.43. The summed E-state index contributed by atoms with van der Waals surface area (Å²) in [5.74, 6) is -1.67. The second-order valence-electron chi connectivity index (χ2n) is 2.83. The minimum absolute atomic E-state index is 0.0120. The highest BCUT2D eigenvalue weighted by molar-refractivity contribution is 6.34. The largest absolute Gasteiger partial charge is 0.457 e. The third-order valence-corrected chi connectivity index (χ3v) is 1.96. The third kappa shape index (κ3) is 3.32. The van der Waals surface area contributed by atoms with E-state index in [9.17, 15) is 14.0 Å². The van der Waals surface area contributed by atoms with Crippen molar-refractivity contribution in [2.75, 3.05) is 6.61 Å². The van der Waals surface area contributed by atoms with Crippen LogP contribution in [0.3, 0.4) is 0 Å². The molecule has 0 saturated heterocycles. The number of ketones is 1. The molecule has 0 radical (unpaired) electrons. The zero-order chi connectivity index (χ0) is 11.4. The number of benzene rings is 1. The van der Waals surface area contributed by atoms with Gasteiger partial charge in [-0.3, -0.25) is 9.59 Å². The number of ether oxygens (including phenoxy) is 1. The van der Waals surface area contributed by atoms with Crippen LogP contribution in [0.1, 0.15) is 17.3 Å². The maximum atomic E-state index is 12.8. The summed E-state index contributed by atoms with van der Waals surface area (Å²) in [5.41, 5.74) is 0.0120. The monoisotopic (exact) mass is 230 g/mol. The summed E-state index contributed by atoms with van der Waals surface area (Å²) in [5, 5.41) is 0.133. The molecule has 0 fully saturated rings. The topological polar surface area (TPSA) is 43.4 Å². The highest BCUT2D eigenvalue weighted by atomic mass is 35.5. The number of esters is 1. The Bertz CT molecular complexity index is 404. The predicted molar refractivity (Wildman–Crippen MR) is 52.4 cm³/mol. The smallest absolute Gasteiger partial charge is 0.303 e. The lowest BCUT2D eigenvalue weighted by Gasteiger charge is -2.03. The van der Waals surface area contributed by atoms with Gasteiger partial charge in [0.15, 0.2) is 6.61 Å². The van der Waals surface area contributed by atoms with E-state index in [-0.39, 0.29) is 10.6 Å². The van der Waals surface area contributed by atoms with Crippen LogP contribution in [0, 0.1) is 5.82 Å². The molecule has 0 saturated carbocycles. The van der Waals surface area contributed by atoms with Gasteiger partial charge in [0.25, 0.3) is 0 Å². The van der Waals surface area contributed by atoms with E-state index in [1.54, 1.807) is 0 Å². The lowest BCUT2D eigenvalue weighted by molar-refractivity contribution is -0.139. The number of hydrogen-bond acceptors (Lipinski definition) is 3. The first-order valence-corrected chi connectivity index (χ1v) is 4.50. The van der Waals surface area contributed by atoms with E-state index in [2.05, 4.69) is 4.74 Å². The van der Waals surface area contributed by atoms with Crippen LogP contribution in [0.15, 0.2) is 18.2 Å². The number of carbonyl (C=O) groups excluding carboxylic acids is 2. The Morgan fingerprint density at radius 2 is 2.13 bits per heavy atom. The molecule has 0 aliphatic heterocycles. The van der Waals surface area contributed by atoms with Gasteiger partial charge in [-0.25, -0.2) is 4.39 Å². The van der Waals surface area contributed by atoms with Gasteiger partial charge in [0.05, 0.1) is 5.02 Å². The van der Waals surface area contributed by atoms with Crippen molar-refractivity contribution >= 4 is 23.4 Å². The summed E-state index contributed by atoms with van der Waals surface area (Å²) in [6.45, 7) is 0.749. The molecule has 0 atom stereocenters. The van der Waals surface area contributed by atoms with Crippen molar-refractivity contribution in [3.05, 3.63) is 34.6 Å². The zero-order valence-electron chi connectivity index (χ0n) is 7.92. The molecule has 0 aliphatic rings. The van der Waals surface area contributed by atoms with Crippen molar-refractivity contribution in [1.82, 2.24) is 0 Å². The van der Waals surface area contributed by atoms with Crippen LogP contribution in [-0.2, 0) is 9.53 Å². The normalized spacial score (nSPS) is 9.80. The fraction of sp³-hybridized carbons (Fsp3) is 0.200. The average molecular weight is 231 g/mol. The number of Topliss-reactive ketones (excluding diaryl/α,β-unsaturated/α-hetero) is 1. The summed E-state index contributed by atoms with van der Waals surface area (Å²) in [6.07, 6.45) is 0. The Morgan fingerprint density at radius 1 is 1.47 bits per heavy atom. The first-order chi connectivity index (χ1) is 7.00. The van der Waals surface area contributed by atoms with Gasteiger partial charge < -0.3 is 4.74 Å². The van der Waals surface area contributed by atoms with E-state index in [1.165, 1.54) is 13.0 Å². The molecule has 15 heavy (non-hydrogen) atoms. The number of halogens is 2. The van der Waals surface area contributed by atoms with E-state index in [0.717, 1.165) is 12.1 Å². The van der Waals surface area contributed by atoms with Gasteiger partial charge in [0.1, 0.15) is 5.82 Å². The van der Waals surface area contributed by atoms with Gasteiger partial charge in [-0.2, -0.15) is 0 Å². The molecule has 80 valence electrons. The fourth-order valence-electron chi connectivity index (χ4n) is 0.956. The van der Waals surface area contributed by atoms with Crippen molar-refractivity contribution in [2.45, 2.75) is 6.92 Å². The van der Waals surface area contributed by atoms with Crippen molar-refractivity contribution in [1.29, 1.82) is 0 Å². The molecule has 5 heteroatoms. The number of hydrogen-bond donors (Lipinski definition) is 0. The number of carbonyl (C=O) groups is 2. The van der Waals surface area contributed by atoms with E-state index in [4.69, 9.17) is 11.6 Å². The SMILES string of the molecule is CC(=O)OCC(=O)c1cc(F)ccc1Cl. The first kappa shape index (κ1) is 11.7. The van der Waals surface area contributed by atoms with E-state index < -0.39 is 24.2 Å². The Balaban J connectivity index is 2.81. The van der Waals surface area contributed by atoms with Gasteiger partial charge >= 0.3 is 5.97 Å². The molecule has 0 spiro atoms. The summed E-state index contributed by atoms with van der Waals surface area (Å²) < 4.78 is 17.3. The van der Waals surface area contributed by atoms with Crippen LogP contribution in [0.2, 0.25) is 5.02 Å². The van der Waals surface area contributed by atoms with Crippen LogP contribution < -0.4 is 0 Å². The molecular weight excluding hydrogens is 223 g/mol. The van der Waals surface area contributed by atoms with Crippen molar-refractivity contribution < 1.29 is 18.7 Å². The van der Waals surface area contributed by atoms with Gasteiger partial charge in [-0.15, -0.1) is 0 Å². The molecule has 1 aromatic rings. The van der Waals surface area contributed by atoms with Crippen LogP contribution in [0.4, 0.5) is 4.39 Å². The summed E-state index contributed by atoms with van der Waals surface area (Å²) in [4.78, 5) is 21.8. The van der Waals surface area contributed by atoms with Crippen LogP contribution in [0.5, 0.6) is 0 Å². The second-order valence-corrected chi connectivity index (χ2v) is 3.23. The standard InChI is InChI=1S/C10H8ClFO3/c1-6(13)15-5-10(14)8-4-7(12)2-3-9(8)11/h2-4H,5H2,1H3. The Morgan fingerprint density at radius 3 is 2.73 bits per heavy atom. The van der Waals surface area contributed by atoms with Crippen LogP contribution in [0.25, 0.3) is 0 Å². The van der Waals surface area contributed by atoms with Crippen molar-refractivity contribution in [2.24, 2.45) is 0 Å². The molecule has 0 N–H and O–H groups in total. The molecule has 3 nitrogen and oxygen atoms in total. The molecule has 1 rings (SSSR count). The lowest BCUT2D eigenvalue weighted by atomic mass is 10.1. The highest BCUT2D eigenvalue weighted by Gasteiger charge is 2.12. The first-order valence-electron chi connectivity index (χ1n) is 4.12. The summed E-state index contributed by atoms with van der Waals surface area (Å²) in [7, 11) is 0. The minimum Gasteiger partial charge on any atom is -0.457 e. The Labute approximate surface area is 90.8 Å². The molecule has 0 bridgehead atoms. The Kier molecular flexibility index (Phi) is 3.80. The van der Waals surface area contributed by atoms with Gasteiger partial charge in [-0.05, 0) is 18.2 Å². The number of rotatable bonds is 3. The maximum absolute atomic E-state index is 12.8. The van der Waals surface area contributed by atoms with E-state index in [0.29, 0.717) is 0 Å². The zero-order valence-corrected chi connectivity index (χ0v) is 8.68.